The van der Waals surface area contributed by atoms with Crippen molar-refractivity contribution in [2.75, 3.05) is 5.32 Å². The van der Waals surface area contributed by atoms with Gasteiger partial charge in [0.05, 0.1) is 26.9 Å². The summed E-state index contributed by atoms with van der Waals surface area (Å²) in [7, 11) is 0. The third kappa shape index (κ3) is 2.84. The molecule has 1 aliphatic carbocycles. The van der Waals surface area contributed by atoms with Crippen LogP contribution in [0.5, 0.6) is 0 Å². The third-order valence-electron chi connectivity index (χ3n) is 5.17. The summed E-state index contributed by atoms with van der Waals surface area (Å²) in [5.41, 5.74) is 2.39. The molecule has 1 N–H and O–H groups in total. The topological polar surface area (TPSA) is 55.1 Å². The number of carbonyl (C=O) groups is 1. The minimum Gasteiger partial charge on any atom is -0.455 e. The van der Waals surface area contributed by atoms with Crippen molar-refractivity contribution < 1.29 is 22.4 Å². The molecule has 4 aromatic rings. The minimum absolute atomic E-state index is 0.0276. The van der Waals surface area contributed by atoms with Gasteiger partial charge in [-0.3, -0.25) is 4.79 Å². The Labute approximate surface area is 177 Å². The summed E-state index contributed by atoms with van der Waals surface area (Å²) in [5.74, 6) is -0.432. The van der Waals surface area contributed by atoms with E-state index >= 15 is 0 Å². The van der Waals surface area contributed by atoms with Gasteiger partial charge in [-0.1, -0.05) is 36.2 Å². The van der Waals surface area contributed by atoms with Gasteiger partial charge in [0.1, 0.15) is 16.9 Å². The van der Waals surface area contributed by atoms with E-state index in [4.69, 9.17) is 27.6 Å². The van der Waals surface area contributed by atoms with Crippen LogP contribution in [0.15, 0.2) is 40.8 Å². The van der Waals surface area contributed by atoms with Gasteiger partial charge in [-0.05, 0) is 30.3 Å². The van der Waals surface area contributed by atoms with Gasteiger partial charge >= 0.3 is 6.18 Å². The fraction of sp³-hybridized carbons (Fsp3) is 0.143. The van der Waals surface area contributed by atoms with Gasteiger partial charge in [-0.2, -0.15) is 13.2 Å². The molecule has 0 unspecified atom stereocenters. The Morgan fingerprint density at radius 1 is 1.10 bits per heavy atom. The number of nitrogens with one attached hydrogen (secondary N) is 1. The molecule has 3 aromatic heterocycles. The first-order valence-corrected chi connectivity index (χ1v) is 9.65. The molecule has 152 valence electrons. The monoisotopic (exact) mass is 450 g/mol. The summed E-state index contributed by atoms with van der Waals surface area (Å²) in [6.45, 7) is 1.95. The van der Waals surface area contributed by atoms with E-state index in [9.17, 15) is 18.0 Å². The highest BCUT2D eigenvalue weighted by atomic mass is 35.5. The number of hydrogen-bond acceptors (Lipinski definition) is 3. The number of hydrogen-bond donors (Lipinski definition) is 1. The Morgan fingerprint density at radius 3 is 2.53 bits per heavy atom. The molecule has 0 spiro atoms. The van der Waals surface area contributed by atoms with Crippen molar-refractivity contribution >= 4 is 46.0 Å². The van der Waals surface area contributed by atoms with Crippen molar-refractivity contribution in [2.45, 2.75) is 19.0 Å². The number of benzene rings is 2. The van der Waals surface area contributed by atoms with E-state index in [1.165, 1.54) is 24.3 Å². The highest BCUT2D eigenvalue weighted by molar-refractivity contribution is 6.42. The van der Waals surface area contributed by atoms with Crippen LogP contribution in [-0.2, 0) is 6.18 Å². The number of aromatic nitrogens is 1. The second kappa shape index (κ2) is 6.36. The summed E-state index contributed by atoms with van der Waals surface area (Å²) in [6.07, 6.45) is -4.60. The number of alkyl halides is 3. The molecule has 5 rings (SSSR count). The Bertz CT molecular complexity index is 1330. The zero-order valence-corrected chi connectivity index (χ0v) is 16.7. The maximum Gasteiger partial charge on any atom is 0.433 e. The van der Waals surface area contributed by atoms with E-state index in [1.54, 1.807) is 6.07 Å². The molecule has 3 heterocycles. The highest BCUT2D eigenvalue weighted by Gasteiger charge is 2.44. The van der Waals surface area contributed by atoms with E-state index < -0.39 is 17.8 Å². The lowest BCUT2D eigenvalue weighted by Gasteiger charge is -2.10. The van der Waals surface area contributed by atoms with Crippen LogP contribution in [0.2, 0.25) is 10.0 Å². The van der Waals surface area contributed by atoms with Gasteiger partial charge in [0.2, 0.25) is 0 Å². The normalized spacial score (nSPS) is 15.5. The number of halogens is 5. The van der Waals surface area contributed by atoms with Crippen LogP contribution in [0.4, 0.5) is 18.9 Å². The zero-order valence-electron chi connectivity index (χ0n) is 15.2. The first-order chi connectivity index (χ1) is 14.2. The van der Waals surface area contributed by atoms with Gasteiger partial charge in [0, 0.05) is 22.7 Å². The molecule has 1 atom stereocenters. The summed E-state index contributed by atoms with van der Waals surface area (Å²) in [5, 5.41) is 3.30. The number of pyridine rings is 1. The molecular weight excluding hydrogens is 440 g/mol. The average Bonchev–Trinajstić information content (AvgIpc) is 3.06. The van der Waals surface area contributed by atoms with E-state index in [2.05, 4.69) is 10.3 Å². The predicted octanol–water partition coefficient (Wildman–Crippen LogP) is 6.98. The first-order valence-electron chi connectivity index (χ1n) is 8.89. The largest absolute Gasteiger partial charge is 0.455 e. The van der Waals surface area contributed by atoms with Gasteiger partial charge in [-0.15, -0.1) is 0 Å². The number of rotatable bonds is 3. The number of fused-ring (bicyclic) bond motifs is 5. The average molecular weight is 451 g/mol. The second-order valence-electron chi connectivity index (χ2n) is 7.05. The molecule has 1 amide bonds. The van der Waals surface area contributed by atoms with Gasteiger partial charge in [-0.25, -0.2) is 4.98 Å². The summed E-state index contributed by atoms with van der Waals surface area (Å²) in [4.78, 5) is 16.9. The van der Waals surface area contributed by atoms with Crippen LogP contribution in [0, 0.1) is 0 Å². The maximum atomic E-state index is 13.2. The van der Waals surface area contributed by atoms with Crippen LogP contribution < -0.4 is 5.32 Å². The van der Waals surface area contributed by atoms with E-state index in [0.29, 0.717) is 21.9 Å². The number of carbonyl (C=O) groups excluding carboxylic acids is 1. The molecular formula is C21H11Cl2F3N2O2. The molecule has 0 fully saturated rings. The fourth-order valence-electron chi connectivity index (χ4n) is 3.74. The molecule has 0 saturated carbocycles. The Morgan fingerprint density at radius 2 is 1.83 bits per heavy atom. The fourth-order valence-corrected chi connectivity index (χ4v) is 4.04. The van der Waals surface area contributed by atoms with Crippen LogP contribution in [0.3, 0.4) is 0 Å². The van der Waals surface area contributed by atoms with Gasteiger partial charge in [0.25, 0.3) is 5.91 Å². The molecule has 0 saturated heterocycles. The van der Waals surface area contributed by atoms with Gasteiger partial charge in [0.15, 0.2) is 0 Å². The number of furan rings is 2. The summed E-state index contributed by atoms with van der Waals surface area (Å²) >= 11 is 11.9. The van der Waals surface area contributed by atoms with Crippen molar-refractivity contribution in [3.05, 3.63) is 68.8 Å². The summed E-state index contributed by atoms with van der Waals surface area (Å²) < 4.78 is 45.3. The van der Waals surface area contributed by atoms with Crippen LogP contribution in [0.1, 0.15) is 40.0 Å². The van der Waals surface area contributed by atoms with E-state index in [0.717, 1.165) is 17.2 Å². The smallest absolute Gasteiger partial charge is 0.433 e. The van der Waals surface area contributed by atoms with Crippen LogP contribution >= 0.6 is 23.2 Å². The molecule has 1 aromatic carbocycles. The lowest BCUT2D eigenvalue weighted by molar-refractivity contribution is -0.141. The van der Waals surface area contributed by atoms with E-state index in [-0.39, 0.29) is 27.8 Å². The molecule has 0 radical (unpaired) electrons. The maximum absolute atomic E-state index is 13.2. The van der Waals surface area contributed by atoms with Crippen molar-refractivity contribution in [2.24, 2.45) is 0 Å². The predicted molar refractivity (Wildman–Crippen MR) is 108 cm³/mol. The quantitative estimate of drug-likeness (QED) is 0.366. The standard InChI is InChI=1S/C21H11Cl2F3N2O2/c1-8-14-15(8)19-17(20(29)27-9-5-6-10(22)11(23)7-9)16(18(14)30-19)12-3-2-4-13(28-12)21(24,25)26/h2-8H,1H3,(H,27,29)/t8-/m1/s1. The zero-order chi connectivity index (χ0) is 21.4. The SMILES string of the molecule is C[C@H]1c2c1c1oc2c(C(=O)Nc2ccc(Cl)c(Cl)c2)c1-c1cccc(C(F)(F)F)n1. The second-order valence-corrected chi connectivity index (χ2v) is 7.86. The van der Waals surface area contributed by atoms with Crippen LogP contribution in [-0.4, -0.2) is 10.9 Å². The Balaban J connectivity index is 1.62. The molecule has 1 aliphatic rings. The Hall–Kier alpha value is -2.77. The number of nitrogens with zero attached hydrogens (tertiary/aromatic N) is 1. The molecule has 2 bridgehead atoms. The summed E-state index contributed by atoms with van der Waals surface area (Å²) in [6, 6.07) is 8.17. The number of amides is 1. The Kier molecular flexibility index (Phi) is 4.07. The number of anilines is 1. The first kappa shape index (κ1) is 19.2. The minimum atomic E-state index is -4.60. The highest BCUT2D eigenvalue weighted by Crippen LogP contribution is 2.58. The lowest BCUT2D eigenvalue weighted by atomic mass is 10.0. The molecule has 30 heavy (non-hydrogen) atoms. The van der Waals surface area contributed by atoms with Gasteiger partial charge < -0.3 is 9.73 Å². The molecule has 9 heteroatoms. The van der Waals surface area contributed by atoms with Crippen molar-refractivity contribution in [3.8, 4) is 11.3 Å². The van der Waals surface area contributed by atoms with Crippen molar-refractivity contribution in [1.29, 1.82) is 0 Å². The van der Waals surface area contributed by atoms with Crippen molar-refractivity contribution in [1.82, 2.24) is 4.98 Å². The molecule has 4 nitrogen and oxygen atoms in total. The van der Waals surface area contributed by atoms with Crippen molar-refractivity contribution in [3.63, 3.8) is 0 Å². The third-order valence-corrected chi connectivity index (χ3v) is 5.91. The van der Waals surface area contributed by atoms with E-state index in [1.807, 2.05) is 6.92 Å². The lowest BCUT2D eigenvalue weighted by Crippen LogP contribution is -2.13. The van der Waals surface area contributed by atoms with Crippen LogP contribution in [0.25, 0.3) is 22.4 Å². The molecule has 0 aliphatic heterocycles.